The molecule has 0 rings (SSSR count). The number of rotatable bonds is 4. The Labute approximate surface area is 64.9 Å². The molecule has 0 aliphatic heterocycles. The molecule has 0 radical (unpaired) electrons. The smallest absolute Gasteiger partial charge is 0.305 e. The van der Waals surface area contributed by atoms with E-state index < -0.39 is 5.97 Å². The Bertz CT molecular complexity index is 81.0. The summed E-state index contributed by atoms with van der Waals surface area (Å²) in [5.74, 6) is -0.961. The normalized spacial score (nSPS) is 8.27. The van der Waals surface area contributed by atoms with E-state index in [0.29, 0.717) is 6.42 Å². The summed E-state index contributed by atoms with van der Waals surface area (Å²) in [7, 11) is 0. The fraction of sp³-hybridized carbons (Fsp3) is 0.833. The number of carboxylic acid groups (broad SMARTS) is 1. The van der Waals surface area contributed by atoms with Crippen molar-refractivity contribution in [2.75, 3.05) is 19.8 Å². The first-order valence-corrected chi connectivity index (χ1v) is 3.23. The zero-order valence-corrected chi connectivity index (χ0v) is 6.23. The maximum absolute atomic E-state index is 9.44. The van der Waals surface area contributed by atoms with E-state index in [1.54, 1.807) is 0 Å². The standard InChI is InChI=1S/C3H6O3.C3H8O2/c4-2-1-3(5)6;4-2-1-3-5/h4H,1-2H2,(H,5,6);4-5H,1-3H2. The van der Waals surface area contributed by atoms with E-state index in [2.05, 4.69) is 0 Å². The first-order valence-electron chi connectivity index (χ1n) is 3.23. The molecule has 0 aromatic rings. The Hall–Kier alpha value is -0.650. The molecule has 5 heteroatoms. The van der Waals surface area contributed by atoms with Crippen molar-refractivity contribution < 1.29 is 25.2 Å². The summed E-state index contributed by atoms with van der Waals surface area (Å²) < 4.78 is 0. The highest BCUT2D eigenvalue weighted by Crippen LogP contribution is 1.70. The second kappa shape index (κ2) is 12.1. The Morgan fingerprint density at radius 3 is 1.45 bits per heavy atom. The molecular weight excluding hydrogens is 152 g/mol. The van der Waals surface area contributed by atoms with Crippen molar-refractivity contribution in [1.29, 1.82) is 0 Å². The van der Waals surface area contributed by atoms with Crippen molar-refractivity contribution in [2.24, 2.45) is 0 Å². The summed E-state index contributed by atoms with van der Waals surface area (Å²) in [5.41, 5.74) is 0. The summed E-state index contributed by atoms with van der Waals surface area (Å²) in [6.07, 6.45) is 0.347. The molecule has 0 aliphatic rings. The first kappa shape index (κ1) is 13.0. The van der Waals surface area contributed by atoms with Gasteiger partial charge in [-0.2, -0.15) is 0 Å². The summed E-state index contributed by atoms with van der Waals surface area (Å²) in [6, 6.07) is 0. The molecule has 0 bridgehead atoms. The summed E-state index contributed by atoms with van der Waals surface area (Å²) in [4.78, 5) is 9.44. The molecule has 0 heterocycles. The molecule has 0 amide bonds. The van der Waals surface area contributed by atoms with Crippen LogP contribution in [-0.4, -0.2) is 46.2 Å². The van der Waals surface area contributed by atoms with Gasteiger partial charge in [-0.3, -0.25) is 4.79 Å². The Morgan fingerprint density at radius 2 is 1.45 bits per heavy atom. The highest BCUT2D eigenvalue weighted by molar-refractivity contribution is 5.66. The van der Waals surface area contributed by atoms with Crippen molar-refractivity contribution in [2.45, 2.75) is 12.8 Å². The summed E-state index contributed by atoms with van der Waals surface area (Å²) >= 11 is 0. The van der Waals surface area contributed by atoms with E-state index in [4.69, 9.17) is 20.4 Å². The van der Waals surface area contributed by atoms with Gasteiger partial charge in [0.05, 0.1) is 13.0 Å². The third-order valence-electron chi connectivity index (χ3n) is 0.642. The number of hydrogen-bond donors (Lipinski definition) is 4. The van der Waals surface area contributed by atoms with Crippen molar-refractivity contribution in [3.63, 3.8) is 0 Å². The predicted molar refractivity (Wildman–Crippen MR) is 38.1 cm³/mol. The van der Waals surface area contributed by atoms with Crippen LogP contribution in [0.25, 0.3) is 0 Å². The lowest BCUT2D eigenvalue weighted by Gasteiger charge is -1.79. The lowest BCUT2D eigenvalue weighted by atomic mass is 10.5. The van der Waals surface area contributed by atoms with E-state index in [1.165, 1.54) is 0 Å². The lowest BCUT2D eigenvalue weighted by molar-refractivity contribution is -0.137. The largest absolute Gasteiger partial charge is 0.481 e. The van der Waals surface area contributed by atoms with Gasteiger partial charge in [0.1, 0.15) is 0 Å². The SMILES string of the molecule is O=C(O)CCO.OCCCO. The van der Waals surface area contributed by atoms with Gasteiger partial charge >= 0.3 is 5.97 Å². The lowest BCUT2D eigenvalue weighted by Crippen LogP contribution is -1.96. The number of aliphatic hydroxyl groups is 3. The van der Waals surface area contributed by atoms with Crippen LogP contribution >= 0.6 is 0 Å². The number of carboxylic acids is 1. The topological polar surface area (TPSA) is 98.0 Å². The van der Waals surface area contributed by atoms with Crippen LogP contribution in [0, 0.1) is 0 Å². The number of carbonyl (C=O) groups is 1. The van der Waals surface area contributed by atoms with E-state index >= 15 is 0 Å². The minimum Gasteiger partial charge on any atom is -0.481 e. The number of hydrogen-bond acceptors (Lipinski definition) is 4. The van der Waals surface area contributed by atoms with E-state index in [9.17, 15) is 4.79 Å². The van der Waals surface area contributed by atoms with E-state index in [1.807, 2.05) is 0 Å². The molecule has 0 fully saturated rings. The first-order chi connectivity index (χ1) is 5.18. The van der Waals surface area contributed by atoms with Crippen LogP contribution in [0.2, 0.25) is 0 Å². The van der Waals surface area contributed by atoms with Crippen molar-refractivity contribution in [3.05, 3.63) is 0 Å². The van der Waals surface area contributed by atoms with Crippen LogP contribution in [0.4, 0.5) is 0 Å². The van der Waals surface area contributed by atoms with Gasteiger partial charge in [-0.15, -0.1) is 0 Å². The van der Waals surface area contributed by atoms with Crippen LogP contribution in [0.3, 0.4) is 0 Å². The molecule has 0 aromatic carbocycles. The monoisotopic (exact) mass is 166 g/mol. The van der Waals surface area contributed by atoms with Crippen LogP contribution in [-0.2, 0) is 4.79 Å². The van der Waals surface area contributed by atoms with E-state index in [0.717, 1.165) is 0 Å². The molecule has 0 aliphatic carbocycles. The summed E-state index contributed by atoms with van der Waals surface area (Å²) in [5, 5.41) is 31.4. The zero-order chi connectivity index (χ0) is 9.11. The third kappa shape index (κ3) is 26.7. The third-order valence-corrected chi connectivity index (χ3v) is 0.642. The van der Waals surface area contributed by atoms with Gasteiger partial charge in [0.2, 0.25) is 0 Å². The van der Waals surface area contributed by atoms with Crippen LogP contribution in [0.1, 0.15) is 12.8 Å². The maximum Gasteiger partial charge on any atom is 0.305 e. The Kier molecular flexibility index (Phi) is 14.2. The fourth-order valence-corrected chi connectivity index (χ4v) is 0.166. The van der Waals surface area contributed by atoms with Gasteiger partial charge in [0.25, 0.3) is 0 Å². The van der Waals surface area contributed by atoms with Crippen molar-refractivity contribution in [3.8, 4) is 0 Å². The molecule has 0 saturated heterocycles. The number of aliphatic hydroxyl groups excluding tert-OH is 3. The molecule has 4 N–H and O–H groups in total. The van der Waals surface area contributed by atoms with Gasteiger partial charge in [0, 0.05) is 13.2 Å². The maximum atomic E-state index is 9.44. The van der Waals surface area contributed by atoms with Crippen molar-refractivity contribution >= 4 is 5.97 Å². The molecule has 11 heavy (non-hydrogen) atoms. The van der Waals surface area contributed by atoms with Gasteiger partial charge in [-0.1, -0.05) is 0 Å². The highest BCUT2D eigenvalue weighted by atomic mass is 16.4. The van der Waals surface area contributed by atoms with Crippen molar-refractivity contribution in [1.82, 2.24) is 0 Å². The molecule has 5 nitrogen and oxygen atoms in total. The molecule has 0 aromatic heterocycles. The molecule has 0 saturated carbocycles. The molecule has 0 atom stereocenters. The van der Waals surface area contributed by atoms with Crippen LogP contribution in [0.5, 0.6) is 0 Å². The Morgan fingerprint density at radius 1 is 1.00 bits per heavy atom. The Balaban J connectivity index is 0. The van der Waals surface area contributed by atoms with Gasteiger partial charge in [-0.05, 0) is 6.42 Å². The minimum atomic E-state index is -0.961. The quantitative estimate of drug-likeness (QED) is 0.421. The fourth-order valence-electron chi connectivity index (χ4n) is 0.166. The average molecular weight is 166 g/mol. The predicted octanol–water partition coefficient (Wildman–Crippen LogP) is -1.19. The molecular formula is C6H14O5. The zero-order valence-electron chi connectivity index (χ0n) is 6.23. The van der Waals surface area contributed by atoms with Gasteiger partial charge in [-0.25, -0.2) is 0 Å². The van der Waals surface area contributed by atoms with E-state index in [-0.39, 0.29) is 26.2 Å². The molecule has 0 unspecified atom stereocenters. The summed E-state index contributed by atoms with van der Waals surface area (Å²) in [6.45, 7) is -0.0810. The highest BCUT2D eigenvalue weighted by Gasteiger charge is 1.88. The minimum absolute atomic E-state index is 0.0938. The second-order valence-electron chi connectivity index (χ2n) is 1.67. The molecule has 0 spiro atoms. The van der Waals surface area contributed by atoms with Gasteiger partial charge < -0.3 is 20.4 Å². The second-order valence-corrected chi connectivity index (χ2v) is 1.67. The van der Waals surface area contributed by atoms with Crippen LogP contribution < -0.4 is 0 Å². The number of aliphatic carboxylic acids is 1. The molecule has 68 valence electrons. The van der Waals surface area contributed by atoms with Gasteiger partial charge in [0.15, 0.2) is 0 Å². The van der Waals surface area contributed by atoms with Crippen LogP contribution in [0.15, 0.2) is 0 Å². The average Bonchev–Trinajstić information content (AvgIpc) is 1.90.